The van der Waals surface area contributed by atoms with Crippen molar-refractivity contribution in [1.82, 2.24) is 0 Å². The molecule has 134 valence electrons. The molecule has 0 radical (unpaired) electrons. The predicted octanol–water partition coefficient (Wildman–Crippen LogP) is 3.79. The summed E-state index contributed by atoms with van der Waals surface area (Å²) in [6.45, 7) is -0.390. The highest BCUT2D eigenvalue weighted by molar-refractivity contribution is 7.91. The van der Waals surface area contributed by atoms with Gasteiger partial charge in [-0.3, -0.25) is 0 Å². The summed E-state index contributed by atoms with van der Waals surface area (Å²) in [4.78, 5) is -0.654. The Hall–Kier alpha value is -1.81. The number of rotatable bonds is 4. The van der Waals surface area contributed by atoms with Crippen LogP contribution in [-0.2, 0) is 21.2 Å². The van der Waals surface area contributed by atoms with E-state index in [-0.39, 0.29) is 34.3 Å². The molecule has 1 unspecified atom stereocenters. The van der Waals surface area contributed by atoms with E-state index in [9.17, 15) is 26.7 Å². The molecular weight excluding hydrogens is 385 g/mol. The normalized spacial score (nSPS) is 17.0. The zero-order valence-corrected chi connectivity index (χ0v) is 13.8. The Morgan fingerprint density at radius 2 is 2.00 bits per heavy atom. The largest absolute Gasteiger partial charge is 0.457 e. The lowest BCUT2D eigenvalue weighted by molar-refractivity contribution is -0.0926. The first-order valence-corrected chi connectivity index (χ1v) is 8.74. The van der Waals surface area contributed by atoms with Crippen LogP contribution in [0, 0.1) is 5.82 Å². The van der Waals surface area contributed by atoms with Gasteiger partial charge in [0.05, 0.1) is 17.1 Å². The molecule has 0 bridgehead atoms. The van der Waals surface area contributed by atoms with Crippen molar-refractivity contribution in [3.8, 4) is 11.5 Å². The number of halogens is 4. The van der Waals surface area contributed by atoms with Crippen molar-refractivity contribution in [2.24, 2.45) is 0 Å². The van der Waals surface area contributed by atoms with Gasteiger partial charge in [0, 0.05) is 16.7 Å². The Labute approximate surface area is 145 Å². The third-order valence-electron chi connectivity index (χ3n) is 3.51. The average molecular weight is 395 g/mol. The zero-order valence-electron chi connectivity index (χ0n) is 12.2. The number of aliphatic hydroxyl groups is 1. The molecule has 10 heteroatoms. The first-order chi connectivity index (χ1) is 11.7. The molecular formula is C15H10ClF3O5S. The summed E-state index contributed by atoms with van der Waals surface area (Å²) in [5.74, 6) is -4.37. The molecule has 5 nitrogen and oxygen atoms in total. The molecule has 1 aliphatic rings. The number of sulfone groups is 1. The van der Waals surface area contributed by atoms with Gasteiger partial charge in [0.25, 0.3) is 0 Å². The predicted molar refractivity (Wildman–Crippen MR) is 80.9 cm³/mol. The summed E-state index contributed by atoms with van der Waals surface area (Å²) in [7, 11) is -4.89. The van der Waals surface area contributed by atoms with E-state index in [1.165, 1.54) is 6.07 Å². The number of aliphatic hydroxyl groups excluding tert-OH is 1. The summed E-state index contributed by atoms with van der Waals surface area (Å²) in [6.07, 6.45) is -1.57. The van der Waals surface area contributed by atoms with E-state index in [1.807, 2.05) is 0 Å². The SMILES string of the molecule is O=S(=O)(c1ccc(Oc2cc(F)cc(Cl)c2)c2c1COC2O)C(F)F. The highest BCUT2D eigenvalue weighted by Gasteiger charge is 2.36. The molecule has 25 heavy (non-hydrogen) atoms. The van der Waals surface area contributed by atoms with E-state index < -0.39 is 32.6 Å². The van der Waals surface area contributed by atoms with E-state index >= 15 is 0 Å². The molecule has 0 aromatic heterocycles. The van der Waals surface area contributed by atoms with Crippen LogP contribution >= 0.6 is 11.6 Å². The third-order valence-corrected chi connectivity index (χ3v) is 5.19. The maximum Gasteiger partial charge on any atom is 0.341 e. The first-order valence-electron chi connectivity index (χ1n) is 6.81. The maximum absolute atomic E-state index is 13.4. The Morgan fingerprint density at radius 3 is 2.64 bits per heavy atom. The van der Waals surface area contributed by atoms with Crippen LogP contribution < -0.4 is 4.74 Å². The fraction of sp³-hybridized carbons (Fsp3) is 0.200. The van der Waals surface area contributed by atoms with Crippen LogP contribution in [0.4, 0.5) is 13.2 Å². The lowest BCUT2D eigenvalue weighted by Crippen LogP contribution is -2.14. The second-order valence-electron chi connectivity index (χ2n) is 5.13. The summed E-state index contributed by atoms with van der Waals surface area (Å²) in [6, 6.07) is 5.38. The molecule has 0 amide bonds. The molecule has 0 saturated heterocycles. The minimum atomic E-state index is -4.89. The topological polar surface area (TPSA) is 72.8 Å². The summed E-state index contributed by atoms with van der Waals surface area (Å²) in [5, 5.41) is 9.95. The van der Waals surface area contributed by atoms with Gasteiger partial charge in [-0.2, -0.15) is 8.78 Å². The average Bonchev–Trinajstić information content (AvgIpc) is 2.88. The van der Waals surface area contributed by atoms with Gasteiger partial charge >= 0.3 is 5.76 Å². The molecule has 2 aromatic rings. The molecule has 1 heterocycles. The van der Waals surface area contributed by atoms with Crippen molar-refractivity contribution in [3.05, 3.63) is 52.3 Å². The summed E-state index contributed by atoms with van der Waals surface area (Å²) < 4.78 is 72.9. The van der Waals surface area contributed by atoms with Crippen molar-refractivity contribution < 1.29 is 36.2 Å². The van der Waals surface area contributed by atoms with Crippen LogP contribution in [0.3, 0.4) is 0 Å². The fourth-order valence-corrected chi connectivity index (χ4v) is 3.63. The van der Waals surface area contributed by atoms with Gasteiger partial charge in [-0.25, -0.2) is 12.8 Å². The zero-order chi connectivity index (χ0) is 18.4. The van der Waals surface area contributed by atoms with Gasteiger partial charge in [0.15, 0.2) is 6.29 Å². The van der Waals surface area contributed by atoms with Crippen LogP contribution in [-0.4, -0.2) is 19.3 Å². The quantitative estimate of drug-likeness (QED) is 0.854. The van der Waals surface area contributed by atoms with E-state index in [0.29, 0.717) is 0 Å². The molecule has 3 rings (SSSR count). The number of alkyl halides is 2. The van der Waals surface area contributed by atoms with E-state index in [4.69, 9.17) is 21.1 Å². The Kier molecular flexibility index (Phi) is 4.67. The van der Waals surface area contributed by atoms with E-state index in [2.05, 4.69) is 0 Å². The van der Waals surface area contributed by atoms with Crippen molar-refractivity contribution in [1.29, 1.82) is 0 Å². The second-order valence-corrected chi connectivity index (χ2v) is 7.45. The highest BCUT2D eigenvalue weighted by atomic mass is 35.5. The molecule has 1 atom stereocenters. The molecule has 0 aliphatic carbocycles. The van der Waals surface area contributed by atoms with Crippen LogP contribution in [0.5, 0.6) is 11.5 Å². The highest BCUT2D eigenvalue weighted by Crippen LogP contribution is 2.42. The molecule has 2 aromatic carbocycles. The maximum atomic E-state index is 13.4. The summed E-state index contributed by atoms with van der Waals surface area (Å²) in [5.41, 5.74) is -0.241. The molecule has 1 aliphatic heterocycles. The standard InChI is InChI=1S/C15H10ClF3O5S/c16-7-3-8(17)5-9(4-7)24-11-1-2-12(25(21,22)15(18)19)10-6-23-14(20)13(10)11/h1-5,14-15,20H,6H2. The number of benzene rings is 2. The van der Waals surface area contributed by atoms with Crippen LogP contribution in [0.2, 0.25) is 5.02 Å². The number of hydrogen-bond donors (Lipinski definition) is 1. The Bertz CT molecular complexity index is 913. The molecule has 0 spiro atoms. The van der Waals surface area contributed by atoms with Crippen LogP contribution in [0.25, 0.3) is 0 Å². The fourth-order valence-electron chi connectivity index (χ4n) is 2.45. The number of fused-ring (bicyclic) bond motifs is 1. The van der Waals surface area contributed by atoms with Crippen molar-refractivity contribution in [2.45, 2.75) is 23.5 Å². The second kappa shape index (κ2) is 6.49. The molecule has 1 N–H and O–H groups in total. The number of ether oxygens (including phenoxy) is 2. The lowest BCUT2D eigenvalue weighted by atomic mass is 10.1. The van der Waals surface area contributed by atoms with Crippen molar-refractivity contribution in [2.75, 3.05) is 0 Å². The number of hydrogen-bond acceptors (Lipinski definition) is 5. The van der Waals surface area contributed by atoms with Gasteiger partial charge in [-0.05, 0) is 24.3 Å². The van der Waals surface area contributed by atoms with Crippen molar-refractivity contribution in [3.63, 3.8) is 0 Å². The Balaban J connectivity index is 2.10. The van der Waals surface area contributed by atoms with E-state index in [0.717, 1.165) is 24.3 Å². The van der Waals surface area contributed by atoms with Gasteiger partial charge in [0.1, 0.15) is 17.3 Å². The van der Waals surface area contributed by atoms with Crippen LogP contribution in [0.15, 0.2) is 35.2 Å². The minimum absolute atomic E-state index is 0.0178. The van der Waals surface area contributed by atoms with E-state index in [1.54, 1.807) is 0 Å². The van der Waals surface area contributed by atoms with Crippen LogP contribution in [0.1, 0.15) is 17.4 Å². The Morgan fingerprint density at radius 1 is 1.28 bits per heavy atom. The summed E-state index contributed by atoms with van der Waals surface area (Å²) >= 11 is 5.73. The van der Waals surface area contributed by atoms with Gasteiger partial charge in [-0.15, -0.1) is 0 Å². The lowest BCUT2D eigenvalue weighted by Gasteiger charge is -2.14. The van der Waals surface area contributed by atoms with Gasteiger partial charge < -0.3 is 14.6 Å². The molecule has 0 saturated carbocycles. The van der Waals surface area contributed by atoms with Crippen molar-refractivity contribution >= 4 is 21.4 Å². The smallest absolute Gasteiger partial charge is 0.341 e. The first kappa shape index (κ1) is 18.0. The van der Waals surface area contributed by atoms with Gasteiger partial charge in [0.2, 0.25) is 9.84 Å². The van der Waals surface area contributed by atoms with Gasteiger partial charge in [-0.1, -0.05) is 11.6 Å². The molecule has 0 fully saturated rings. The monoisotopic (exact) mass is 394 g/mol. The third kappa shape index (κ3) is 3.32. The minimum Gasteiger partial charge on any atom is -0.457 e.